The van der Waals surface area contributed by atoms with Gasteiger partial charge >= 0.3 is 0 Å². The minimum absolute atomic E-state index is 0.658. The average Bonchev–Trinajstić information content (AvgIpc) is 3.06. The fourth-order valence-corrected chi connectivity index (χ4v) is 3.05. The van der Waals surface area contributed by atoms with Crippen molar-refractivity contribution in [1.82, 2.24) is 20.0 Å². The summed E-state index contributed by atoms with van der Waals surface area (Å²) in [4.78, 5) is 2.54. The Morgan fingerprint density at radius 1 is 1.42 bits per heavy atom. The Balaban J connectivity index is 1.87. The van der Waals surface area contributed by atoms with Gasteiger partial charge in [-0.1, -0.05) is 25.1 Å². The number of para-hydroxylation sites is 1. The summed E-state index contributed by atoms with van der Waals surface area (Å²) >= 11 is 0. The van der Waals surface area contributed by atoms with Crippen molar-refractivity contribution in [2.75, 3.05) is 19.6 Å². The Bertz CT molecular complexity index is 554. The highest BCUT2D eigenvalue weighted by molar-refractivity contribution is 5.81. The van der Waals surface area contributed by atoms with E-state index >= 15 is 0 Å². The van der Waals surface area contributed by atoms with E-state index < -0.39 is 0 Å². The first-order chi connectivity index (χ1) is 9.29. The first kappa shape index (κ1) is 12.6. The van der Waals surface area contributed by atoms with Crippen molar-refractivity contribution in [3.63, 3.8) is 0 Å². The number of nitrogens with zero attached hydrogens (tertiary/aromatic N) is 3. The minimum Gasteiger partial charge on any atom is -0.315 e. The Morgan fingerprint density at radius 2 is 2.26 bits per heavy atom. The van der Waals surface area contributed by atoms with E-state index in [4.69, 9.17) is 5.10 Å². The zero-order valence-corrected chi connectivity index (χ0v) is 11.8. The molecule has 4 heteroatoms. The first-order valence-corrected chi connectivity index (χ1v) is 7.15. The lowest BCUT2D eigenvalue weighted by atomic mass is 10.1. The molecule has 2 aromatic rings. The Labute approximate surface area is 114 Å². The van der Waals surface area contributed by atoms with Gasteiger partial charge in [0.2, 0.25) is 0 Å². The molecule has 0 saturated carbocycles. The van der Waals surface area contributed by atoms with Crippen LogP contribution in [0, 0.1) is 0 Å². The molecule has 3 rings (SSSR count). The molecular formula is C15H22N4. The van der Waals surface area contributed by atoms with E-state index in [9.17, 15) is 0 Å². The van der Waals surface area contributed by atoms with Crippen molar-refractivity contribution < 1.29 is 0 Å². The van der Waals surface area contributed by atoms with Crippen LogP contribution in [0.4, 0.5) is 0 Å². The van der Waals surface area contributed by atoms with Gasteiger partial charge in [-0.05, 0) is 25.6 Å². The fraction of sp³-hybridized carbons (Fsp3) is 0.533. The van der Waals surface area contributed by atoms with Gasteiger partial charge < -0.3 is 5.32 Å². The van der Waals surface area contributed by atoms with E-state index in [-0.39, 0.29) is 0 Å². The van der Waals surface area contributed by atoms with E-state index in [0.717, 1.165) is 26.2 Å². The molecule has 1 N–H and O–H groups in total. The quantitative estimate of drug-likeness (QED) is 0.907. The van der Waals surface area contributed by atoms with Gasteiger partial charge in [0, 0.05) is 31.6 Å². The Hall–Kier alpha value is -1.39. The van der Waals surface area contributed by atoms with Gasteiger partial charge in [-0.2, -0.15) is 5.10 Å². The molecule has 1 aromatic heterocycles. The lowest BCUT2D eigenvalue weighted by molar-refractivity contribution is 0.208. The summed E-state index contributed by atoms with van der Waals surface area (Å²) in [5, 5.41) is 9.44. The molecule has 0 bridgehead atoms. The third-order valence-electron chi connectivity index (χ3n) is 4.14. The standard InChI is InChI=1S/C15H22N4/c1-3-19(12-8-9-16-10-12)11-14-13-6-4-5-7-15(13)18(2)17-14/h4-7,12,16H,3,8-11H2,1-2H3. The summed E-state index contributed by atoms with van der Waals surface area (Å²) in [5.74, 6) is 0. The normalized spacial score (nSPS) is 19.6. The molecule has 4 nitrogen and oxygen atoms in total. The first-order valence-electron chi connectivity index (χ1n) is 7.15. The summed E-state index contributed by atoms with van der Waals surface area (Å²) in [6.07, 6.45) is 1.25. The van der Waals surface area contributed by atoms with E-state index in [0.29, 0.717) is 6.04 Å². The second-order valence-electron chi connectivity index (χ2n) is 5.30. The van der Waals surface area contributed by atoms with Crippen LogP contribution >= 0.6 is 0 Å². The summed E-state index contributed by atoms with van der Waals surface area (Å²) in [6.45, 7) is 6.52. The molecule has 0 radical (unpaired) electrons. The molecule has 1 unspecified atom stereocenters. The zero-order chi connectivity index (χ0) is 13.2. The van der Waals surface area contributed by atoms with Gasteiger partial charge in [-0.15, -0.1) is 0 Å². The molecule has 1 aliphatic rings. The van der Waals surface area contributed by atoms with Crippen molar-refractivity contribution in [3.05, 3.63) is 30.0 Å². The second-order valence-corrected chi connectivity index (χ2v) is 5.30. The number of hydrogen-bond donors (Lipinski definition) is 1. The summed E-state index contributed by atoms with van der Waals surface area (Å²) in [5.41, 5.74) is 2.42. The van der Waals surface area contributed by atoms with Gasteiger partial charge in [0.1, 0.15) is 0 Å². The predicted octanol–water partition coefficient (Wildman–Crippen LogP) is 1.76. The highest BCUT2D eigenvalue weighted by atomic mass is 15.3. The highest BCUT2D eigenvalue weighted by Gasteiger charge is 2.22. The molecular weight excluding hydrogens is 236 g/mol. The van der Waals surface area contributed by atoms with E-state index in [1.807, 2.05) is 11.7 Å². The molecule has 1 atom stereocenters. The third-order valence-corrected chi connectivity index (χ3v) is 4.14. The number of nitrogens with one attached hydrogen (secondary N) is 1. The summed E-state index contributed by atoms with van der Waals surface area (Å²) in [6, 6.07) is 9.15. The van der Waals surface area contributed by atoms with Crippen LogP contribution in [0.3, 0.4) is 0 Å². The molecule has 1 saturated heterocycles. The van der Waals surface area contributed by atoms with Gasteiger partial charge in [-0.25, -0.2) is 0 Å². The summed E-state index contributed by atoms with van der Waals surface area (Å²) < 4.78 is 1.99. The van der Waals surface area contributed by atoms with Crippen LogP contribution in [-0.4, -0.2) is 40.4 Å². The van der Waals surface area contributed by atoms with Crippen LogP contribution in [0.2, 0.25) is 0 Å². The smallest absolute Gasteiger partial charge is 0.0843 e. The van der Waals surface area contributed by atoms with Crippen LogP contribution < -0.4 is 5.32 Å². The average molecular weight is 258 g/mol. The molecule has 102 valence electrons. The number of rotatable bonds is 4. The number of benzene rings is 1. The lowest BCUT2D eigenvalue weighted by Crippen LogP contribution is -2.36. The van der Waals surface area contributed by atoms with Crippen molar-refractivity contribution in [3.8, 4) is 0 Å². The van der Waals surface area contributed by atoms with Crippen molar-refractivity contribution >= 4 is 10.9 Å². The zero-order valence-electron chi connectivity index (χ0n) is 11.8. The van der Waals surface area contributed by atoms with Crippen LogP contribution in [-0.2, 0) is 13.6 Å². The SMILES string of the molecule is CCN(Cc1nn(C)c2ccccc12)C1CCNC1. The largest absolute Gasteiger partial charge is 0.315 e. The van der Waals surface area contributed by atoms with E-state index in [2.05, 4.69) is 41.4 Å². The van der Waals surface area contributed by atoms with Gasteiger partial charge in [-0.3, -0.25) is 9.58 Å². The number of fused-ring (bicyclic) bond motifs is 1. The Morgan fingerprint density at radius 3 is 3.00 bits per heavy atom. The third kappa shape index (κ3) is 2.38. The van der Waals surface area contributed by atoms with Crippen LogP contribution in [0.1, 0.15) is 19.0 Å². The lowest BCUT2D eigenvalue weighted by Gasteiger charge is -2.26. The molecule has 2 heterocycles. The molecule has 1 aliphatic heterocycles. The van der Waals surface area contributed by atoms with E-state index in [1.54, 1.807) is 0 Å². The molecule has 0 amide bonds. The van der Waals surface area contributed by atoms with Crippen molar-refractivity contribution in [1.29, 1.82) is 0 Å². The number of aryl methyl sites for hydroxylation is 1. The van der Waals surface area contributed by atoms with Crippen molar-refractivity contribution in [2.45, 2.75) is 25.9 Å². The predicted molar refractivity (Wildman–Crippen MR) is 78.1 cm³/mol. The number of hydrogen-bond acceptors (Lipinski definition) is 3. The topological polar surface area (TPSA) is 33.1 Å². The van der Waals surface area contributed by atoms with Crippen LogP contribution in [0.15, 0.2) is 24.3 Å². The van der Waals surface area contributed by atoms with E-state index in [1.165, 1.54) is 23.0 Å². The maximum absolute atomic E-state index is 4.70. The fourth-order valence-electron chi connectivity index (χ4n) is 3.05. The van der Waals surface area contributed by atoms with Gasteiger partial charge in [0.25, 0.3) is 0 Å². The van der Waals surface area contributed by atoms with Crippen LogP contribution in [0.5, 0.6) is 0 Å². The minimum atomic E-state index is 0.658. The maximum atomic E-state index is 4.70. The molecule has 1 aromatic carbocycles. The van der Waals surface area contributed by atoms with Crippen LogP contribution in [0.25, 0.3) is 10.9 Å². The molecule has 19 heavy (non-hydrogen) atoms. The van der Waals surface area contributed by atoms with Crippen molar-refractivity contribution in [2.24, 2.45) is 7.05 Å². The number of likely N-dealkylation sites (N-methyl/N-ethyl adjacent to an activating group) is 1. The Kier molecular flexibility index (Phi) is 3.53. The summed E-state index contributed by atoms with van der Waals surface area (Å²) in [7, 11) is 2.03. The van der Waals surface area contributed by atoms with Gasteiger partial charge in [0.05, 0.1) is 11.2 Å². The molecule has 0 spiro atoms. The maximum Gasteiger partial charge on any atom is 0.0843 e. The monoisotopic (exact) mass is 258 g/mol. The molecule has 0 aliphatic carbocycles. The van der Waals surface area contributed by atoms with Gasteiger partial charge in [0.15, 0.2) is 0 Å². The highest BCUT2D eigenvalue weighted by Crippen LogP contribution is 2.20. The molecule has 1 fully saturated rings. The second kappa shape index (κ2) is 5.31. The number of aromatic nitrogens is 2.